The first kappa shape index (κ1) is 14.6. The van der Waals surface area contributed by atoms with Crippen molar-refractivity contribution < 1.29 is 9.47 Å². The van der Waals surface area contributed by atoms with Crippen molar-refractivity contribution in [2.24, 2.45) is 5.92 Å². The third-order valence-electron chi connectivity index (χ3n) is 3.02. The maximum Gasteiger partial charge on any atom is 0.147 e. The molecule has 1 aromatic carbocycles. The zero-order valence-electron chi connectivity index (χ0n) is 9.93. The fourth-order valence-corrected chi connectivity index (χ4v) is 3.61. The van der Waals surface area contributed by atoms with Gasteiger partial charge in [0.05, 0.1) is 15.6 Å². The van der Waals surface area contributed by atoms with E-state index in [4.69, 9.17) is 21.1 Å². The highest BCUT2D eigenvalue weighted by atomic mass is 79.9. The minimum atomic E-state index is 0.497. The molecule has 0 unspecified atom stereocenters. The van der Waals surface area contributed by atoms with Crippen LogP contribution < -0.4 is 4.74 Å². The summed E-state index contributed by atoms with van der Waals surface area (Å²) in [6.45, 7) is 2.43. The molecule has 100 valence electrons. The van der Waals surface area contributed by atoms with Crippen molar-refractivity contribution in [1.82, 2.24) is 0 Å². The van der Waals surface area contributed by atoms with E-state index in [-0.39, 0.29) is 0 Å². The van der Waals surface area contributed by atoms with Crippen LogP contribution in [0.25, 0.3) is 0 Å². The van der Waals surface area contributed by atoms with Crippen molar-refractivity contribution in [3.8, 4) is 5.75 Å². The fourth-order valence-electron chi connectivity index (χ4n) is 1.94. The second kappa shape index (κ2) is 7.13. The van der Waals surface area contributed by atoms with Crippen LogP contribution in [0, 0.1) is 5.92 Å². The van der Waals surface area contributed by atoms with Gasteiger partial charge in [0.25, 0.3) is 0 Å². The summed E-state index contributed by atoms with van der Waals surface area (Å²) in [7, 11) is 0. The Morgan fingerprint density at radius 3 is 2.39 bits per heavy atom. The number of benzene rings is 1. The SMILES string of the molecule is ClCc1cc(Br)c(OCC2CCOCC2)c(Br)c1. The molecule has 0 aromatic heterocycles. The molecule has 2 nitrogen and oxygen atoms in total. The van der Waals surface area contributed by atoms with E-state index in [9.17, 15) is 0 Å². The van der Waals surface area contributed by atoms with Gasteiger partial charge >= 0.3 is 0 Å². The minimum Gasteiger partial charge on any atom is -0.491 e. The first-order valence-corrected chi connectivity index (χ1v) is 8.07. The smallest absolute Gasteiger partial charge is 0.147 e. The highest BCUT2D eigenvalue weighted by Crippen LogP contribution is 2.35. The van der Waals surface area contributed by atoms with Crippen LogP contribution in [0.2, 0.25) is 0 Å². The third kappa shape index (κ3) is 3.86. The number of alkyl halides is 1. The van der Waals surface area contributed by atoms with Gasteiger partial charge in [-0.2, -0.15) is 0 Å². The first-order chi connectivity index (χ1) is 8.70. The maximum atomic E-state index is 5.91. The Bertz CT molecular complexity index is 383. The highest BCUT2D eigenvalue weighted by molar-refractivity contribution is 9.11. The van der Waals surface area contributed by atoms with Crippen LogP contribution >= 0.6 is 43.5 Å². The average molecular weight is 399 g/mol. The molecule has 0 N–H and O–H groups in total. The van der Waals surface area contributed by atoms with Crippen molar-refractivity contribution in [3.63, 3.8) is 0 Å². The molecule has 0 atom stereocenters. The molecule has 0 radical (unpaired) electrons. The van der Waals surface area contributed by atoms with Gasteiger partial charge in [0.15, 0.2) is 0 Å². The lowest BCUT2D eigenvalue weighted by molar-refractivity contribution is 0.0495. The van der Waals surface area contributed by atoms with Crippen LogP contribution in [-0.4, -0.2) is 19.8 Å². The predicted octanol–water partition coefficient (Wildman–Crippen LogP) is 4.76. The zero-order valence-corrected chi connectivity index (χ0v) is 13.9. The standard InChI is InChI=1S/C13H15Br2ClO2/c14-11-5-10(7-16)6-12(15)13(11)18-8-9-1-3-17-4-2-9/h5-6,9H,1-4,7-8H2. The third-order valence-corrected chi connectivity index (χ3v) is 4.50. The van der Waals surface area contributed by atoms with Crippen molar-refractivity contribution in [2.45, 2.75) is 18.7 Å². The summed E-state index contributed by atoms with van der Waals surface area (Å²) in [6.07, 6.45) is 2.16. The molecular weight excluding hydrogens is 383 g/mol. The largest absolute Gasteiger partial charge is 0.491 e. The first-order valence-electron chi connectivity index (χ1n) is 5.95. The molecule has 0 amide bonds. The molecule has 1 heterocycles. The van der Waals surface area contributed by atoms with Crippen LogP contribution in [0.15, 0.2) is 21.1 Å². The van der Waals surface area contributed by atoms with Crippen molar-refractivity contribution >= 4 is 43.5 Å². The Morgan fingerprint density at radius 1 is 1.22 bits per heavy atom. The monoisotopic (exact) mass is 396 g/mol. The molecule has 0 aliphatic carbocycles. The van der Waals surface area contributed by atoms with Crippen LogP contribution in [0.1, 0.15) is 18.4 Å². The van der Waals surface area contributed by atoms with E-state index in [2.05, 4.69) is 31.9 Å². The zero-order chi connectivity index (χ0) is 13.0. The quantitative estimate of drug-likeness (QED) is 0.681. The van der Waals surface area contributed by atoms with Gasteiger partial charge in [-0.05, 0) is 68.3 Å². The molecule has 1 aromatic rings. The number of ether oxygens (including phenoxy) is 2. The molecule has 1 aliphatic rings. The average Bonchev–Trinajstić information content (AvgIpc) is 2.38. The molecule has 0 spiro atoms. The van der Waals surface area contributed by atoms with Gasteiger partial charge in [-0.3, -0.25) is 0 Å². The van der Waals surface area contributed by atoms with Gasteiger partial charge in [-0.25, -0.2) is 0 Å². The van der Waals surface area contributed by atoms with E-state index in [1.807, 2.05) is 12.1 Å². The van der Waals surface area contributed by atoms with Crippen molar-refractivity contribution in [3.05, 3.63) is 26.6 Å². The van der Waals surface area contributed by atoms with Crippen LogP contribution in [0.4, 0.5) is 0 Å². The summed E-state index contributed by atoms with van der Waals surface area (Å²) < 4.78 is 13.1. The Hall–Kier alpha value is 0.230. The van der Waals surface area contributed by atoms with Gasteiger partial charge in [-0.1, -0.05) is 0 Å². The summed E-state index contributed by atoms with van der Waals surface area (Å²) in [5.74, 6) is 1.94. The lowest BCUT2D eigenvalue weighted by atomic mass is 10.0. The summed E-state index contributed by atoms with van der Waals surface area (Å²) >= 11 is 12.9. The molecule has 0 bridgehead atoms. The van der Waals surface area contributed by atoms with Gasteiger partial charge < -0.3 is 9.47 Å². The lowest BCUT2D eigenvalue weighted by Crippen LogP contribution is -2.21. The van der Waals surface area contributed by atoms with E-state index in [0.717, 1.165) is 52.9 Å². The topological polar surface area (TPSA) is 18.5 Å². The molecule has 2 rings (SSSR count). The summed E-state index contributed by atoms with van der Waals surface area (Å²) in [6, 6.07) is 3.99. The predicted molar refractivity (Wildman–Crippen MR) is 80.4 cm³/mol. The fraction of sp³-hybridized carbons (Fsp3) is 0.538. The van der Waals surface area contributed by atoms with Crippen LogP contribution in [0.5, 0.6) is 5.75 Å². The Balaban J connectivity index is 2.00. The summed E-state index contributed by atoms with van der Waals surface area (Å²) in [5, 5.41) is 0. The highest BCUT2D eigenvalue weighted by Gasteiger charge is 2.16. The molecule has 1 fully saturated rings. The van der Waals surface area contributed by atoms with Gasteiger partial charge in [0, 0.05) is 19.1 Å². The van der Waals surface area contributed by atoms with E-state index >= 15 is 0 Å². The Kier molecular flexibility index (Phi) is 5.80. The molecule has 1 aliphatic heterocycles. The number of hydrogen-bond acceptors (Lipinski definition) is 2. The Morgan fingerprint density at radius 2 is 1.83 bits per heavy atom. The summed E-state index contributed by atoms with van der Waals surface area (Å²) in [5.41, 5.74) is 1.06. The molecule has 0 saturated carbocycles. The summed E-state index contributed by atoms with van der Waals surface area (Å²) in [4.78, 5) is 0. The maximum absolute atomic E-state index is 5.91. The lowest BCUT2D eigenvalue weighted by Gasteiger charge is -2.22. The van der Waals surface area contributed by atoms with E-state index in [0.29, 0.717) is 11.8 Å². The van der Waals surface area contributed by atoms with Crippen LogP contribution in [-0.2, 0) is 10.6 Å². The second-order valence-corrected chi connectivity index (χ2v) is 6.36. The molecular formula is C13H15Br2ClO2. The van der Waals surface area contributed by atoms with E-state index < -0.39 is 0 Å². The van der Waals surface area contributed by atoms with Gasteiger partial charge in [0.1, 0.15) is 5.75 Å². The number of halogens is 3. The van der Waals surface area contributed by atoms with Crippen molar-refractivity contribution in [2.75, 3.05) is 19.8 Å². The van der Waals surface area contributed by atoms with Gasteiger partial charge in [0.2, 0.25) is 0 Å². The number of rotatable bonds is 4. The van der Waals surface area contributed by atoms with E-state index in [1.165, 1.54) is 0 Å². The Labute approximate surface area is 129 Å². The van der Waals surface area contributed by atoms with Gasteiger partial charge in [-0.15, -0.1) is 11.6 Å². The van der Waals surface area contributed by atoms with Crippen LogP contribution in [0.3, 0.4) is 0 Å². The van der Waals surface area contributed by atoms with E-state index in [1.54, 1.807) is 0 Å². The van der Waals surface area contributed by atoms with Crippen molar-refractivity contribution in [1.29, 1.82) is 0 Å². The minimum absolute atomic E-state index is 0.497. The normalized spacial score (nSPS) is 16.8. The number of hydrogen-bond donors (Lipinski definition) is 0. The molecule has 1 saturated heterocycles. The molecule has 18 heavy (non-hydrogen) atoms. The second-order valence-electron chi connectivity index (χ2n) is 4.39. The molecule has 5 heteroatoms.